The maximum Gasteiger partial charge on any atom is 0.162 e. The van der Waals surface area contributed by atoms with Gasteiger partial charge in [-0.1, -0.05) is 15.9 Å². The van der Waals surface area contributed by atoms with Crippen molar-refractivity contribution in [1.29, 1.82) is 0 Å². The molecule has 0 aliphatic heterocycles. The Bertz CT molecular complexity index is 330. The first kappa shape index (κ1) is 11.3. The van der Waals surface area contributed by atoms with Crippen molar-refractivity contribution in [2.45, 2.75) is 6.04 Å². The van der Waals surface area contributed by atoms with Gasteiger partial charge in [-0.2, -0.15) is 0 Å². The molecule has 0 heterocycles. The van der Waals surface area contributed by atoms with Crippen molar-refractivity contribution >= 4 is 15.9 Å². The van der Waals surface area contributed by atoms with Gasteiger partial charge in [0.2, 0.25) is 0 Å². The molecule has 14 heavy (non-hydrogen) atoms. The summed E-state index contributed by atoms with van der Waals surface area (Å²) in [6.07, 6.45) is 0. The van der Waals surface area contributed by atoms with Crippen molar-refractivity contribution in [3.63, 3.8) is 0 Å². The Labute approximate surface area is 90.4 Å². The number of methoxy groups -OCH3 is 1. The molecular formula is C9H12BrNO3. The number of hydrogen-bond donors (Lipinski definition) is 3. The van der Waals surface area contributed by atoms with Crippen LogP contribution < -0.4 is 10.5 Å². The number of nitrogens with two attached hydrogens (primary N) is 1. The Hall–Kier alpha value is -0.780. The van der Waals surface area contributed by atoms with E-state index in [1.54, 1.807) is 12.1 Å². The first-order chi connectivity index (χ1) is 6.60. The minimum Gasteiger partial charge on any atom is -0.504 e. The van der Waals surface area contributed by atoms with Crippen LogP contribution >= 0.6 is 15.9 Å². The lowest BCUT2D eigenvalue weighted by molar-refractivity contribution is 0.264. The molecular weight excluding hydrogens is 250 g/mol. The average molecular weight is 262 g/mol. The van der Waals surface area contributed by atoms with Crippen LogP contribution in [-0.4, -0.2) is 23.9 Å². The van der Waals surface area contributed by atoms with Gasteiger partial charge in [-0.3, -0.25) is 0 Å². The lowest BCUT2D eigenvalue weighted by Gasteiger charge is -2.13. The normalized spacial score (nSPS) is 12.6. The van der Waals surface area contributed by atoms with Gasteiger partial charge in [0.05, 0.1) is 19.8 Å². The number of aromatic hydroxyl groups is 1. The number of rotatable bonds is 3. The van der Waals surface area contributed by atoms with Crippen LogP contribution in [0, 0.1) is 0 Å². The number of phenols is 1. The summed E-state index contributed by atoms with van der Waals surface area (Å²) in [5.41, 5.74) is 6.06. The third-order valence-electron chi connectivity index (χ3n) is 1.89. The number of ether oxygens (including phenoxy) is 1. The molecule has 0 aromatic heterocycles. The van der Waals surface area contributed by atoms with Crippen molar-refractivity contribution in [3.05, 3.63) is 22.2 Å². The molecule has 0 aliphatic rings. The molecule has 4 N–H and O–H groups in total. The van der Waals surface area contributed by atoms with Crippen LogP contribution in [0.25, 0.3) is 0 Å². The molecule has 5 heteroatoms. The summed E-state index contributed by atoms with van der Waals surface area (Å²) in [7, 11) is 1.45. The van der Waals surface area contributed by atoms with Crippen LogP contribution in [0.4, 0.5) is 0 Å². The molecule has 0 bridgehead atoms. The Morgan fingerprint density at radius 3 is 2.71 bits per heavy atom. The maximum absolute atomic E-state index is 9.68. The number of halogens is 1. The standard InChI is InChI=1S/C9H12BrNO3/c1-14-8-3-5(10)2-6(9(8)13)7(11)4-12/h2-3,7,12-13H,4,11H2,1H3. The monoisotopic (exact) mass is 261 g/mol. The van der Waals surface area contributed by atoms with E-state index in [-0.39, 0.29) is 12.4 Å². The molecule has 1 unspecified atom stereocenters. The number of aliphatic hydroxyl groups is 1. The van der Waals surface area contributed by atoms with E-state index < -0.39 is 6.04 Å². The molecule has 78 valence electrons. The van der Waals surface area contributed by atoms with Crippen molar-refractivity contribution < 1.29 is 14.9 Å². The van der Waals surface area contributed by atoms with Gasteiger partial charge in [0, 0.05) is 10.0 Å². The van der Waals surface area contributed by atoms with Crippen molar-refractivity contribution in [2.75, 3.05) is 13.7 Å². The van der Waals surface area contributed by atoms with Crippen LogP contribution in [0.5, 0.6) is 11.5 Å². The molecule has 0 saturated heterocycles. The van der Waals surface area contributed by atoms with Crippen molar-refractivity contribution in [2.24, 2.45) is 5.73 Å². The van der Waals surface area contributed by atoms with E-state index in [0.29, 0.717) is 11.3 Å². The van der Waals surface area contributed by atoms with E-state index in [0.717, 1.165) is 4.47 Å². The number of phenolic OH excluding ortho intramolecular Hbond substituents is 1. The highest BCUT2D eigenvalue weighted by atomic mass is 79.9. The molecule has 0 radical (unpaired) electrons. The summed E-state index contributed by atoms with van der Waals surface area (Å²) in [4.78, 5) is 0. The summed E-state index contributed by atoms with van der Waals surface area (Å²) in [5.74, 6) is 0.301. The van der Waals surface area contributed by atoms with Gasteiger partial charge in [0.15, 0.2) is 11.5 Å². The van der Waals surface area contributed by atoms with Gasteiger partial charge in [0.25, 0.3) is 0 Å². The number of aliphatic hydroxyl groups excluding tert-OH is 1. The van der Waals surface area contributed by atoms with Gasteiger partial charge in [-0.05, 0) is 12.1 Å². The first-order valence-corrected chi connectivity index (χ1v) is 4.82. The molecule has 0 amide bonds. The Morgan fingerprint density at radius 1 is 1.57 bits per heavy atom. The Balaban J connectivity index is 3.21. The molecule has 1 aromatic rings. The zero-order chi connectivity index (χ0) is 10.7. The van der Waals surface area contributed by atoms with Gasteiger partial charge in [0.1, 0.15) is 0 Å². The van der Waals surface area contributed by atoms with E-state index in [2.05, 4.69) is 15.9 Å². The molecule has 0 fully saturated rings. The average Bonchev–Trinajstić information content (AvgIpc) is 2.19. The third-order valence-corrected chi connectivity index (χ3v) is 2.34. The minimum atomic E-state index is -0.610. The lowest BCUT2D eigenvalue weighted by atomic mass is 10.1. The first-order valence-electron chi connectivity index (χ1n) is 4.03. The smallest absolute Gasteiger partial charge is 0.162 e. The zero-order valence-electron chi connectivity index (χ0n) is 7.70. The quantitative estimate of drug-likeness (QED) is 0.763. The van der Waals surface area contributed by atoms with E-state index in [9.17, 15) is 5.11 Å². The SMILES string of the molecule is COc1cc(Br)cc(C(N)CO)c1O. The molecule has 0 spiro atoms. The highest BCUT2D eigenvalue weighted by Gasteiger charge is 2.15. The fraction of sp³-hybridized carbons (Fsp3) is 0.333. The topological polar surface area (TPSA) is 75.7 Å². The fourth-order valence-corrected chi connectivity index (χ4v) is 1.59. The van der Waals surface area contributed by atoms with Gasteiger partial charge < -0.3 is 20.7 Å². The van der Waals surface area contributed by atoms with E-state index in [1.807, 2.05) is 0 Å². The van der Waals surface area contributed by atoms with Crippen LogP contribution in [0.1, 0.15) is 11.6 Å². The minimum absolute atomic E-state index is 0.0303. The van der Waals surface area contributed by atoms with Crippen LogP contribution in [0.15, 0.2) is 16.6 Å². The lowest BCUT2D eigenvalue weighted by Crippen LogP contribution is -2.14. The highest BCUT2D eigenvalue weighted by Crippen LogP contribution is 2.35. The van der Waals surface area contributed by atoms with Crippen LogP contribution in [-0.2, 0) is 0 Å². The molecule has 4 nitrogen and oxygen atoms in total. The molecule has 1 atom stereocenters. The number of hydrogen-bond acceptors (Lipinski definition) is 4. The molecule has 1 aromatic carbocycles. The molecule has 0 aliphatic carbocycles. The predicted molar refractivity (Wildman–Crippen MR) is 56.4 cm³/mol. The summed E-state index contributed by atoms with van der Waals surface area (Å²) < 4.78 is 5.69. The van der Waals surface area contributed by atoms with E-state index in [1.165, 1.54) is 7.11 Å². The third kappa shape index (κ3) is 2.17. The number of benzene rings is 1. The predicted octanol–water partition coefficient (Wildman–Crippen LogP) is 1.16. The fourth-order valence-electron chi connectivity index (χ4n) is 1.13. The second kappa shape index (κ2) is 4.63. The molecule has 1 rings (SSSR count). The second-order valence-corrected chi connectivity index (χ2v) is 3.75. The summed E-state index contributed by atoms with van der Waals surface area (Å²) in [5, 5.41) is 18.6. The van der Waals surface area contributed by atoms with E-state index in [4.69, 9.17) is 15.6 Å². The second-order valence-electron chi connectivity index (χ2n) is 2.83. The summed E-state index contributed by atoms with van der Waals surface area (Å²) >= 11 is 3.26. The largest absolute Gasteiger partial charge is 0.504 e. The summed E-state index contributed by atoms with van der Waals surface area (Å²) in [6, 6.07) is 2.67. The maximum atomic E-state index is 9.68. The van der Waals surface area contributed by atoms with Gasteiger partial charge >= 0.3 is 0 Å². The molecule has 0 saturated carbocycles. The highest BCUT2D eigenvalue weighted by molar-refractivity contribution is 9.10. The van der Waals surface area contributed by atoms with Crippen molar-refractivity contribution in [1.82, 2.24) is 0 Å². The van der Waals surface area contributed by atoms with Crippen LogP contribution in [0.3, 0.4) is 0 Å². The van der Waals surface area contributed by atoms with Crippen LogP contribution in [0.2, 0.25) is 0 Å². The van der Waals surface area contributed by atoms with Crippen molar-refractivity contribution in [3.8, 4) is 11.5 Å². The van der Waals surface area contributed by atoms with E-state index >= 15 is 0 Å². The summed E-state index contributed by atoms with van der Waals surface area (Å²) in [6.45, 7) is -0.229. The van der Waals surface area contributed by atoms with Gasteiger partial charge in [-0.15, -0.1) is 0 Å². The Kier molecular flexibility index (Phi) is 3.74. The Morgan fingerprint density at radius 2 is 2.21 bits per heavy atom. The zero-order valence-corrected chi connectivity index (χ0v) is 9.28. The van der Waals surface area contributed by atoms with Gasteiger partial charge in [-0.25, -0.2) is 0 Å².